The van der Waals surface area contributed by atoms with Crippen molar-refractivity contribution in [3.63, 3.8) is 0 Å². The first-order chi connectivity index (χ1) is 7.24. The van der Waals surface area contributed by atoms with Crippen molar-refractivity contribution in [2.24, 2.45) is 5.92 Å². The molecule has 0 aromatic carbocycles. The fraction of sp³-hybridized carbons (Fsp3) is 0.923. The Balaban J connectivity index is 2.20. The quantitative estimate of drug-likeness (QED) is 0.630. The molecule has 1 unspecified atom stereocenters. The van der Waals surface area contributed by atoms with Crippen molar-refractivity contribution in [3.05, 3.63) is 0 Å². The highest BCUT2D eigenvalue weighted by Gasteiger charge is 2.18. The van der Waals surface area contributed by atoms with Gasteiger partial charge >= 0.3 is 0 Å². The number of nitrogens with zero attached hydrogens (tertiary/aromatic N) is 1. The number of hydrogen-bond donors (Lipinski definition) is 0. The number of aldehydes is 1. The summed E-state index contributed by atoms with van der Waals surface area (Å²) in [7, 11) is 2.24. The van der Waals surface area contributed by atoms with Gasteiger partial charge in [-0.1, -0.05) is 26.2 Å². The summed E-state index contributed by atoms with van der Waals surface area (Å²) in [5.74, 6) is 0.655. The van der Waals surface area contributed by atoms with Gasteiger partial charge in [0.25, 0.3) is 0 Å². The minimum atomic E-state index is 0.655. The highest BCUT2D eigenvalue weighted by Crippen LogP contribution is 2.22. The largest absolute Gasteiger partial charge is 0.303 e. The Labute approximate surface area is 94.0 Å². The fourth-order valence-electron chi connectivity index (χ4n) is 2.61. The molecule has 0 heterocycles. The Kier molecular flexibility index (Phi) is 5.92. The smallest absolute Gasteiger partial charge is 0.120 e. The van der Waals surface area contributed by atoms with Crippen LogP contribution >= 0.6 is 0 Å². The molecule has 15 heavy (non-hydrogen) atoms. The molecule has 0 N–H and O–H groups in total. The van der Waals surface area contributed by atoms with Gasteiger partial charge in [0.15, 0.2) is 0 Å². The summed E-state index contributed by atoms with van der Waals surface area (Å²) in [6.07, 6.45) is 9.77. The van der Waals surface area contributed by atoms with Crippen molar-refractivity contribution in [3.8, 4) is 0 Å². The standard InChI is InChI=1S/C13H25NO/c1-12(7-6-10-15)11-14(2)13-8-4-3-5-9-13/h10,12-13H,3-9,11H2,1-2H3. The van der Waals surface area contributed by atoms with Crippen LogP contribution in [0.5, 0.6) is 0 Å². The molecule has 2 nitrogen and oxygen atoms in total. The van der Waals surface area contributed by atoms with E-state index in [1.165, 1.54) is 32.1 Å². The topological polar surface area (TPSA) is 20.3 Å². The number of rotatable bonds is 6. The highest BCUT2D eigenvalue weighted by atomic mass is 16.1. The molecule has 0 spiro atoms. The molecule has 0 aromatic heterocycles. The van der Waals surface area contributed by atoms with Gasteiger partial charge < -0.3 is 9.69 Å². The van der Waals surface area contributed by atoms with Crippen molar-refractivity contribution in [2.75, 3.05) is 13.6 Å². The third-order valence-corrected chi connectivity index (χ3v) is 3.58. The third kappa shape index (κ3) is 4.78. The maximum atomic E-state index is 10.3. The first kappa shape index (κ1) is 12.7. The molecular weight excluding hydrogens is 186 g/mol. The Morgan fingerprint density at radius 1 is 1.33 bits per heavy atom. The van der Waals surface area contributed by atoms with Crippen molar-refractivity contribution in [2.45, 2.75) is 57.9 Å². The zero-order valence-corrected chi connectivity index (χ0v) is 10.2. The minimum absolute atomic E-state index is 0.655. The maximum Gasteiger partial charge on any atom is 0.120 e. The molecule has 1 aliphatic rings. The van der Waals surface area contributed by atoms with E-state index < -0.39 is 0 Å². The first-order valence-electron chi connectivity index (χ1n) is 6.38. The molecule has 88 valence electrons. The predicted octanol–water partition coefficient (Wildman–Crippen LogP) is 2.87. The van der Waals surface area contributed by atoms with Gasteiger partial charge in [0.2, 0.25) is 0 Å². The lowest BCUT2D eigenvalue weighted by atomic mass is 9.93. The first-order valence-corrected chi connectivity index (χ1v) is 6.38. The van der Waals surface area contributed by atoms with E-state index in [0.717, 1.165) is 31.7 Å². The number of carbonyl (C=O) groups is 1. The van der Waals surface area contributed by atoms with Crippen LogP contribution in [0.4, 0.5) is 0 Å². The lowest BCUT2D eigenvalue weighted by Crippen LogP contribution is -2.36. The van der Waals surface area contributed by atoms with Crippen LogP contribution in [-0.2, 0) is 4.79 Å². The van der Waals surface area contributed by atoms with Crippen LogP contribution in [0.3, 0.4) is 0 Å². The highest BCUT2D eigenvalue weighted by molar-refractivity contribution is 5.49. The zero-order valence-electron chi connectivity index (χ0n) is 10.2. The van der Waals surface area contributed by atoms with Gasteiger partial charge in [-0.15, -0.1) is 0 Å². The van der Waals surface area contributed by atoms with E-state index in [-0.39, 0.29) is 0 Å². The Hall–Kier alpha value is -0.370. The van der Waals surface area contributed by atoms with Crippen LogP contribution in [0.15, 0.2) is 0 Å². The maximum absolute atomic E-state index is 10.3. The fourth-order valence-corrected chi connectivity index (χ4v) is 2.61. The van der Waals surface area contributed by atoms with E-state index in [2.05, 4.69) is 18.9 Å². The molecular formula is C13H25NO. The Morgan fingerprint density at radius 2 is 2.00 bits per heavy atom. The van der Waals surface area contributed by atoms with Crippen molar-refractivity contribution >= 4 is 6.29 Å². The summed E-state index contributed by atoms with van der Waals surface area (Å²) in [5, 5.41) is 0. The number of carbonyl (C=O) groups excluding carboxylic acids is 1. The van der Waals surface area contributed by atoms with E-state index >= 15 is 0 Å². The van der Waals surface area contributed by atoms with Gasteiger partial charge in [-0.05, 0) is 32.2 Å². The second-order valence-corrected chi connectivity index (χ2v) is 5.08. The molecule has 0 radical (unpaired) electrons. The van der Waals surface area contributed by atoms with Crippen molar-refractivity contribution in [1.29, 1.82) is 0 Å². The van der Waals surface area contributed by atoms with Gasteiger partial charge in [0, 0.05) is 19.0 Å². The summed E-state index contributed by atoms with van der Waals surface area (Å²) in [4.78, 5) is 12.8. The molecule has 1 fully saturated rings. The molecule has 2 heteroatoms. The molecule has 1 rings (SSSR count). The monoisotopic (exact) mass is 211 g/mol. The van der Waals surface area contributed by atoms with E-state index in [0.29, 0.717) is 5.92 Å². The van der Waals surface area contributed by atoms with Crippen LogP contribution in [0.25, 0.3) is 0 Å². The zero-order chi connectivity index (χ0) is 11.1. The second-order valence-electron chi connectivity index (χ2n) is 5.08. The van der Waals surface area contributed by atoms with E-state index in [1.807, 2.05) is 0 Å². The van der Waals surface area contributed by atoms with Crippen molar-refractivity contribution < 1.29 is 4.79 Å². The molecule has 1 atom stereocenters. The Morgan fingerprint density at radius 3 is 2.60 bits per heavy atom. The third-order valence-electron chi connectivity index (χ3n) is 3.58. The average molecular weight is 211 g/mol. The lowest BCUT2D eigenvalue weighted by Gasteiger charge is -2.32. The van der Waals surface area contributed by atoms with Crippen LogP contribution < -0.4 is 0 Å². The molecule has 1 saturated carbocycles. The van der Waals surface area contributed by atoms with Crippen molar-refractivity contribution in [1.82, 2.24) is 4.90 Å². The van der Waals surface area contributed by atoms with Crippen LogP contribution in [0.2, 0.25) is 0 Å². The van der Waals surface area contributed by atoms with Gasteiger partial charge in [-0.3, -0.25) is 0 Å². The summed E-state index contributed by atoms with van der Waals surface area (Å²) < 4.78 is 0. The van der Waals surface area contributed by atoms with E-state index in [4.69, 9.17) is 0 Å². The Bertz CT molecular complexity index is 175. The van der Waals surface area contributed by atoms with Crippen LogP contribution in [-0.4, -0.2) is 30.8 Å². The van der Waals surface area contributed by atoms with Gasteiger partial charge in [-0.25, -0.2) is 0 Å². The summed E-state index contributed by atoms with van der Waals surface area (Å²) in [6.45, 7) is 3.40. The molecule has 0 aliphatic heterocycles. The van der Waals surface area contributed by atoms with Crippen LogP contribution in [0, 0.1) is 5.92 Å². The predicted molar refractivity (Wildman–Crippen MR) is 64.0 cm³/mol. The molecule has 1 aliphatic carbocycles. The van der Waals surface area contributed by atoms with E-state index in [1.54, 1.807) is 0 Å². The average Bonchev–Trinajstić information content (AvgIpc) is 2.27. The van der Waals surface area contributed by atoms with Gasteiger partial charge in [0.1, 0.15) is 6.29 Å². The van der Waals surface area contributed by atoms with E-state index in [9.17, 15) is 4.79 Å². The van der Waals surface area contributed by atoms with Gasteiger partial charge in [-0.2, -0.15) is 0 Å². The second kappa shape index (κ2) is 7.00. The van der Waals surface area contributed by atoms with Gasteiger partial charge in [0.05, 0.1) is 0 Å². The normalized spacial score (nSPS) is 20.5. The SMILES string of the molecule is CC(CCC=O)CN(C)C1CCCCC1. The van der Waals surface area contributed by atoms with Crippen LogP contribution in [0.1, 0.15) is 51.9 Å². The molecule has 0 aromatic rings. The lowest BCUT2D eigenvalue weighted by molar-refractivity contribution is -0.108. The molecule has 0 amide bonds. The summed E-state index contributed by atoms with van der Waals surface area (Å²) in [6, 6.07) is 0.803. The molecule has 0 bridgehead atoms. The summed E-state index contributed by atoms with van der Waals surface area (Å²) >= 11 is 0. The number of hydrogen-bond acceptors (Lipinski definition) is 2. The summed E-state index contributed by atoms with van der Waals surface area (Å²) in [5.41, 5.74) is 0. The molecule has 0 saturated heterocycles. The minimum Gasteiger partial charge on any atom is -0.303 e.